The molecule has 2 aliphatic rings. The highest BCUT2D eigenvalue weighted by atomic mass is 16.5. The van der Waals surface area contributed by atoms with Crippen LogP contribution in [0.15, 0.2) is 53.4 Å². The molecule has 1 N–H and O–H groups in total. The zero-order valence-electron chi connectivity index (χ0n) is 18.9. The van der Waals surface area contributed by atoms with Crippen LogP contribution in [-0.2, 0) is 24.8 Å². The minimum Gasteiger partial charge on any atom is -0.394 e. The third-order valence-electron chi connectivity index (χ3n) is 7.57. The van der Waals surface area contributed by atoms with Crippen molar-refractivity contribution in [3.63, 3.8) is 0 Å². The van der Waals surface area contributed by atoms with E-state index in [1.807, 2.05) is 25.5 Å². The number of aliphatic hydroxyl groups excluding tert-OH is 1. The van der Waals surface area contributed by atoms with Gasteiger partial charge in [0, 0.05) is 34.2 Å². The maximum absolute atomic E-state index is 9.31. The van der Waals surface area contributed by atoms with Crippen molar-refractivity contribution in [1.82, 2.24) is 24.9 Å². The summed E-state index contributed by atoms with van der Waals surface area (Å²) >= 11 is 0. The summed E-state index contributed by atoms with van der Waals surface area (Å²) in [6, 6.07) is 10.8. The van der Waals surface area contributed by atoms with Crippen LogP contribution in [0, 0.1) is 12.8 Å². The molecule has 0 saturated heterocycles. The van der Waals surface area contributed by atoms with Crippen LogP contribution in [0.5, 0.6) is 0 Å². The zero-order chi connectivity index (χ0) is 22.6. The van der Waals surface area contributed by atoms with Crippen LogP contribution in [-0.4, -0.2) is 36.6 Å². The molecule has 1 aromatic carbocycles. The first kappa shape index (κ1) is 20.3. The average Bonchev–Trinajstić information content (AvgIpc) is 3.49. The van der Waals surface area contributed by atoms with Crippen molar-refractivity contribution < 1.29 is 9.63 Å². The smallest absolute Gasteiger partial charge is 0.143 e. The summed E-state index contributed by atoms with van der Waals surface area (Å²) in [7, 11) is 0. The molecule has 7 nitrogen and oxygen atoms in total. The highest BCUT2D eigenvalue weighted by molar-refractivity contribution is 5.65. The molecule has 3 aromatic heterocycles. The van der Waals surface area contributed by atoms with Gasteiger partial charge in [-0.3, -0.25) is 4.68 Å². The topological polar surface area (TPSA) is 89.9 Å². The van der Waals surface area contributed by atoms with E-state index in [2.05, 4.69) is 47.5 Å². The standard InChI is InChI=1S/C26H27N5O2/c1-16-22-9-8-21-23(19-13-27-31(15-19)10-11-32)29-17(2)30-25(21)26(22,20-6-4-3-5-7-20)12-18-14-28-33-24(16)18/h3-7,13-16,22,32H,8-12H2,1-2H3/t16-,22-,26+/m0/s1. The minimum atomic E-state index is -0.268. The Balaban J connectivity index is 1.61. The van der Waals surface area contributed by atoms with Crippen LogP contribution in [0.2, 0.25) is 0 Å². The Morgan fingerprint density at radius 1 is 1.18 bits per heavy atom. The number of hydrogen-bond donors (Lipinski definition) is 1. The number of aromatic nitrogens is 5. The van der Waals surface area contributed by atoms with Crippen LogP contribution in [0.25, 0.3) is 11.3 Å². The molecule has 168 valence electrons. The Hall–Kier alpha value is -3.32. The maximum Gasteiger partial charge on any atom is 0.143 e. The lowest BCUT2D eigenvalue weighted by atomic mass is 9.53. The van der Waals surface area contributed by atoms with E-state index in [0.717, 1.165) is 47.8 Å². The van der Waals surface area contributed by atoms with Crippen LogP contribution in [0.3, 0.4) is 0 Å². The van der Waals surface area contributed by atoms with Gasteiger partial charge in [0.1, 0.15) is 11.6 Å². The summed E-state index contributed by atoms with van der Waals surface area (Å²) in [5.74, 6) is 2.38. The maximum atomic E-state index is 9.31. The Morgan fingerprint density at radius 2 is 2.03 bits per heavy atom. The first-order chi connectivity index (χ1) is 16.1. The molecule has 4 aromatic rings. The quantitative estimate of drug-likeness (QED) is 0.518. The fourth-order valence-electron chi connectivity index (χ4n) is 6.21. The summed E-state index contributed by atoms with van der Waals surface area (Å²) in [6.45, 7) is 4.77. The fourth-order valence-corrected chi connectivity index (χ4v) is 6.21. The van der Waals surface area contributed by atoms with Gasteiger partial charge in [0.15, 0.2) is 0 Å². The van der Waals surface area contributed by atoms with Crippen LogP contribution < -0.4 is 0 Å². The molecular weight excluding hydrogens is 414 g/mol. The molecule has 3 atom stereocenters. The van der Waals surface area contributed by atoms with Gasteiger partial charge in [-0.1, -0.05) is 42.4 Å². The van der Waals surface area contributed by atoms with Crippen molar-refractivity contribution in [2.24, 2.45) is 5.92 Å². The van der Waals surface area contributed by atoms with Gasteiger partial charge < -0.3 is 9.63 Å². The summed E-state index contributed by atoms with van der Waals surface area (Å²) in [5.41, 5.74) is 6.45. The van der Waals surface area contributed by atoms with Crippen molar-refractivity contribution in [1.29, 1.82) is 0 Å². The van der Waals surface area contributed by atoms with Gasteiger partial charge in [0.05, 0.1) is 36.9 Å². The molecular formula is C26H27N5O2. The highest BCUT2D eigenvalue weighted by Crippen LogP contribution is 2.57. The second kappa shape index (κ2) is 7.63. The summed E-state index contributed by atoms with van der Waals surface area (Å²) in [6.07, 6.45) is 8.45. The van der Waals surface area contributed by atoms with Gasteiger partial charge in [-0.15, -0.1) is 0 Å². The Kier molecular flexibility index (Phi) is 4.69. The molecule has 0 spiro atoms. The lowest BCUT2D eigenvalue weighted by Gasteiger charge is -2.50. The first-order valence-corrected chi connectivity index (χ1v) is 11.6. The molecule has 7 heteroatoms. The SMILES string of the molecule is Cc1nc(-c2cnn(CCO)c2)c2c(n1)[C@@]1(c3ccccc3)Cc3cnoc3[C@@H](C)[C@@H]1CC2. The minimum absolute atomic E-state index is 0.0553. The van der Waals surface area contributed by atoms with Crippen LogP contribution in [0.1, 0.15) is 53.2 Å². The van der Waals surface area contributed by atoms with E-state index in [0.29, 0.717) is 12.5 Å². The highest BCUT2D eigenvalue weighted by Gasteiger charge is 2.54. The number of fused-ring (bicyclic) bond motifs is 4. The normalized spacial score (nSPS) is 23.6. The van der Waals surface area contributed by atoms with Crippen molar-refractivity contribution in [3.8, 4) is 11.3 Å². The van der Waals surface area contributed by atoms with E-state index in [-0.39, 0.29) is 17.9 Å². The molecule has 33 heavy (non-hydrogen) atoms. The molecule has 0 bridgehead atoms. The van der Waals surface area contributed by atoms with Gasteiger partial charge in [-0.05, 0) is 37.7 Å². The average molecular weight is 442 g/mol. The summed E-state index contributed by atoms with van der Waals surface area (Å²) in [5, 5.41) is 17.9. The summed E-state index contributed by atoms with van der Waals surface area (Å²) in [4.78, 5) is 10.0. The second-order valence-corrected chi connectivity index (χ2v) is 9.33. The van der Waals surface area contributed by atoms with E-state index in [9.17, 15) is 5.11 Å². The van der Waals surface area contributed by atoms with Crippen LogP contribution >= 0.6 is 0 Å². The first-order valence-electron chi connectivity index (χ1n) is 11.6. The number of benzene rings is 1. The summed E-state index contributed by atoms with van der Waals surface area (Å²) < 4.78 is 7.48. The predicted molar refractivity (Wildman–Crippen MR) is 123 cm³/mol. The lowest BCUT2D eigenvalue weighted by Crippen LogP contribution is -2.48. The molecule has 0 amide bonds. The predicted octanol–water partition coefficient (Wildman–Crippen LogP) is 3.84. The lowest BCUT2D eigenvalue weighted by molar-refractivity contribution is 0.188. The van der Waals surface area contributed by atoms with E-state index in [1.54, 1.807) is 4.68 Å². The number of rotatable bonds is 4. The largest absolute Gasteiger partial charge is 0.394 e. The van der Waals surface area contributed by atoms with Gasteiger partial charge in [-0.2, -0.15) is 5.10 Å². The van der Waals surface area contributed by atoms with E-state index < -0.39 is 0 Å². The van der Waals surface area contributed by atoms with Gasteiger partial charge >= 0.3 is 0 Å². The Labute approximate surface area is 192 Å². The van der Waals surface area contributed by atoms with Gasteiger partial charge in [0.2, 0.25) is 0 Å². The second-order valence-electron chi connectivity index (χ2n) is 9.33. The molecule has 0 unspecified atom stereocenters. The Morgan fingerprint density at radius 3 is 2.85 bits per heavy atom. The molecule has 2 aliphatic carbocycles. The number of hydrogen-bond acceptors (Lipinski definition) is 6. The third kappa shape index (κ3) is 2.99. The monoisotopic (exact) mass is 441 g/mol. The van der Waals surface area contributed by atoms with E-state index >= 15 is 0 Å². The number of aryl methyl sites for hydroxylation is 1. The van der Waals surface area contributed by atoms with Gasteiger partial charge in [0.25, 0.3) is 0 Å². The molecule has 0 saturated carbocycles. The molecule has 3 heterocycles. The van der Waals surface area contributed by atoms with Crippen molar-refractivity contribution >= 4 is 0 Å². The van der Waals surface area contributed by atoms with E-state index in [1.165, 1.54) is 16.7 Å². The molecule has 0 radical (unpaired) electrons. The zero-order valence-corrected chi connectivity index (χ0v) is 18.9. The Bertz CT molecular complexity index is 1310. The van der Waals surface area contributed by atoms with Crippen molar-refractivity contribution in [3.05, 3.63) is 82.9 Å². The van der Waals surface area contributed by atoms with Crippen molar-refractivity contribution in [2.75, 3.05) is 6.61 Å². The van der Waals surface area contributed by atoms with Crippen molar-refractivity contribution in [2.45, 2.75) is 51.0 Å². The molecule has 0 aliphatic heterocycles. The third-order valence-corrected chi connectivity index (χ3v) is 7.57. The van der Waals surface area contributed by atoms with E-state index in [4.69, 9.17) is 14.5 Å². The van der Waals surface area contributed by atoms with Crippen LogP contribution in [0.4, 0.5) is 0 Å². The molecule has 0 fully saturated rings. The number of nitrogens with zero attached hydrogens (tertiary/aromatic N) is 5. The molecule has 6 rings (SSSR count). The fraction of sp³-hybridized carbons (Fsp3) is 0.385. The van der Waals surface area contributed by atoms with Gasteiger partial charge in [-0.25, -0.2) is 9.97 Å². The number of aliphatic hydroxyl groups is 1.